The Bertz CT molecular complexity index is 2690. The minimum absolute atomic E-state index is 0.0504. The van der Waals surface area contributed by atoms with Crippen LogP contribution in [0, 0.1) is 10.7 Å². The van der Waals surface area contributed by atoms with Gasteiger partial charge in [-0.05, 0) is 171 Å². The largest absolute Gasteiger partial charge is 0.508 e. The molecular formula is C50H51I3N4O10. The summed E-state index contributed by atoms with van der Waals surface area (Å²) in [5, 5.41) is 32.1. The van der Waals surface area contributed by atoms with E-state index in [9.17, 15) is 34.2 Å². The van der Waals surface area contributed by atoms with Crippen molar-refractivity contribution in [3.05, 3.63) is 123 Å². The number of rotatable bonds is 24. The van der Waals surface area contributed by atoms with Crippen molar-refractivity contribution in [3.63, 3.8) is 0 Å². The number of phenols is 2. The number of hydrogen-bond acceptors (Lipinski definition) is 10. The molecule has 1 aliphatic carbocycles. The van der Waals surface area contributed by atoms with Crippen LogP contribution < -0.4 is 31.4 Å². The highest BCUT2D eigenvalue weighted by molar-refractivity contribution is 14.1. The van der Waals surface area contributed by atoms with Crippen LogP contribution >= 0.6 is 67.8 Å². The van der Waals surface area contributed by atoms with Crippen LogP contribution in [0.1, 0.15) is 67.3 Å². The molecule has 67 heavy (non-hydrogen) atoms. The molecule has 0 spiro atoms. The number of phenolic OH excluding ortho intramolecular Hbond substituents is 2. The molecule has 4 aromatic carbocycles. The van der Waals surface area contributed by atoms with E-state index in [1.165, 1.54) is 18.2 Å². The van der Waals surface area contributed by atoms with Gasteiger partial charge in [0.15, 0.2) is 11.2 Å². The number of aromatic hydroxyl groups is 2. The van der Waals surface area contributed by atoms with Crippen molar-refractivity contribution in [1.29, 1.82) is 0 Å². The summed E-state index contributed by atoms with van der Waals surface area (Å²) in [6, 6.07) is 25.7. The van der Waals surface area contributed by atoms with E-state index in [2.05, 4.69) is 66.4 Å². The van der Waals surface area contributed by atoms with Crippen LogP contribution in [0.15, 0.2) is 100 Å². The molecule has 1 aliphatic heterocycles. The fourth-order valence-electron chi connectivity index (χ4n) is 7.22. The van der Waals surface area contributed by atoms with Gasteiger partial charge in [0.1, 0.15) is 41.8 Å². The highest BCUT2D eigenvalue weighted by atomic mass is 127. The number of amides is 4. The van der Waals surface area contributed by atoms with Crippen LogP contribution in [-0.2, 0) is 25.5 Å². The number of carbonyl (C=O) groups excluding carboxylic acids is 4. The van der Waals surface area contributed by atoms with Crippen molar-refractivity contribution < 1.29 is 43.3 Å². The predicted octanol–water partition coefficient (Wildman–Crippen LogP) is 9.04. The molecule has 17 heteroatoms. The lowest BCUT2D eigenvalue weighted by Gasteiger charge is -2.15. The van der Waals surface area contributed by atoms with Crippen molar-refractivity contribution in [3.8, 4) is 45.4 Å². The van der Waals surface area contributed by atoms with Gasteiger partial charge in [-0.2, -0.15) is 0 Å². The number of fused-ring (bicyclic) bond motifs is 2. The number of nitrogens with one attached hydrogen (secondary N) is 4. The van der Waals surface area contributed by atoms with Crippen LogP contribution in [0.3, 0.4) is 0 Å². The van der Waals surface area contributed by atoms with Crippen molar-refractivity contribution >= 4 is 102 Å². The van der Waals surface area contributed by atoms with Crippen LogP contribution in [0.25, 0.3) is 33.4 Å². The summed E-state index contributed by atoms with van der Waals surface area (Å²) < 4.78 is 19.7. The van der Waals surface area contributed by atoms with Crippen molar-refractivity contribution in [2.75, 3.05) is 39.4 Å². The molecule has 6 rings (SSSR count). The first kappa shape index (κ1) is 51.4. The van der Waals surface area contributed by atoms with Gasteiger partial charge < -0.3 is 45.4 Å². The minimum Gasteiger partial charge on any atom is -0.508 e. The second-order valence-electron chi connectivity index (χ2n) is 15.8. The molecule has 0 bridgehead atoms. The zero-order valence-electron chi connectivity index (χ0n) is 36.6. The molecule has 2 aliphatic rings. The molecule has 0 aromatic heterocycles. The Balaban J connectivity index is 0.747. The standard InChI is InChI=1S/C50H51I3N4O10/c51-39-28-36(15-18-42(39)60)66-49-40(52)23-31(24-41(49)53)25-45(61)54-19-5-1-2-6-20-55-46(62)29-65-30-47(63)56-21-7-3-4-8-22-57-50(64)33-11-9-32(10-12-33)48-37-16-13-34(58)26-43(37)67-44-27-35(59)14-17-38(44)48/h9-18,23-24,26-28,58,60H,1-8,19-22,25,29-30H2,(H,54,61)(H,55,62)(H,56,63)(H,57,64). The van der Waals surface area contributed by atoms with E-state index in [1.807, 2.05) is 46.9 Å². The highest BCUT2D eigenvalue weighted by Gasteiger charge is 2.19. The van der Waals surface area contributed by atoms with Crippen LogP contribution in [0.5, 0.6) is 23.0 Å². The van der Waals surface area contributed by atoms with Crippen LogP contribution in [0.2, 0.25) is 0 Å². The lowest BCUT2D eigenvalue weighted by atomic mass is 9.93. The topological polar surface area (TPSA) is 206 Å². The molecule has 4 amide bonds. The third-order valence-corrected chi connectivity index (χ3v) is 13.1. The van der Waals surface area contributed by atoms with Gasteiger partial charge in [0.05, 0.1) is 17.1 Å². The summed E-state index contributed by atoms with van der Waals surface area (Å²) in [7, 11) is 0. The third kappa shape index (κ3) is 15.8. The first-order valence-corrected chi connectivity index (χ1v) is 25.2. The molecule has 0 unspecified atom stereocenters. The number of unbranched alkanes of at least 4 members (excludes halogenated alkanes) is 6. The van der Waals surface area contributed by atoms with E-state index in [0.29, 0.717) is 58.2 Å². The first-order valence-electron chi connectivity index (χ1n) is 21.9. The maximum atomic E-state index is 12.9. The normalized spacial score (nSPS) is 11.1. The molecule has 352 valence electrons. The minimum atomic E-state index is -0.286. The van der Waals surface area contributed by atoms with E-state index in [-0.39, 0.29) is 60.2 Å². The zero-order valence-corrected chi connectivity index (χ0v) is 43.0. The average molecular weight is 1250 g/mol. The summed E-state index contributed by atoms with van der Waals surface area (Å²) in [5.41, 5.74) is 4.09. The van der Waals surface area contributed by atoms with Crippen molar-refractivity contribution in [2.24, 2.45) is 0 Å². The van der Waals surface area contributed by atoms with Crippen LogP contribution in [-0.4, -0.2) is 73.2 Å². The van der Waals surface area contributed by atoms with Gasteiger partial charge in [0, 0.05) is 60.4 Å². The summed E-state index contributed by atoms with van der Waals surface area (Å²) in [5.74, 6) is 1.19. The quantitative estimate of drug-likeness (QED) is 0.0193. The smallest absolute Gasteiger partial charge is 0.251 e. The second kappa shape index (κ2) is 25.9. The molecule has 1 heterocycles. The highest BCUT2D eigenvalue weighted by Crippen LogP contribution is 2.41. The van der Waals surface area contributed by atoms with E-state index >= 15 is 0 Å². The number of halogens is 3. The Morgan fingerprint density at radius 1 is 0.597 bits per heavy atom. The molecule has 0 atom stereocenters. The first-order chi connectivity index (χ1) is 32.3. The molecule has 0 radical (unpaired) electrons. The Morgan fingerprint density at radius 2 is 1.19 bits per heavy atom. The van der Waals surface area contributed by atoms with Gasteiger partial charge in [-0.1, -0.05) is 37.8 Å². The predicted molar refractivity (Wildman–Crippen MR) is 282 cm³/mol. The molecular weight excluding hydrogens is 1200 g/mol. The zero-order chi connectivity index (χ0) is 47.7. The summed E-state index contributed by atoms with van der Waals surface area (Å²) in [4.78, 5) is 61.8. The lowest BCUT2D eigenvalue weighted by Crippen LogP contribution is -2.32. The second-order valence-corrected chi connectivity index (χ2v) is 19.3. The SMILES string of the molecule is O=C(COCC(=O)NCCCCCCNC(=O)c1ccc(-c2c3ccc(=O)cc-3oc3cc(O)ccc23)cc1)NCCCCCCNC(=O)Cc1cc(I)c(Oc2ccc(O)c(I)c2)c(I)c1. The third-order valence-electron chi connectivity index (χ3n) is 10.6. The van der Waals surface area contributed by atoms with E-state index in [4.69, 9.17) is 13.9 Å². The number of ether oxygens (including phenoxy) is 2. The monoisotopic (exact) mass is 1250 g/mol. The van der Waals surface area contributed by atoms with Gasteiger partial charge >= 0.3 is 0 Å². The van der Waals surface area contributed by atoms with Gasteiger partial charge in [-0.3, -0.25) is 24.0 Å². The van der Waals surface area contributed by atoms with E-state index < -0.39 is 0 Å². The van der Waals surface area contributed by atoms with Gasteiger partial charge in [0.25, 0.3) is 5.91 Å². The fourth-order valence-corrected chi connectivity index (χ4v) is 9.82. The number of carbonyl (C=O) groups is 4. The Labute approximate surface area is 429 Å². The molecule has 4 aromatic rings. The van der Waals surface area contributed by atoms with E-state index in [0.717, 1.165) is 86.1 Å². The average Bonchev–Trinajstić information content (AvgIpc) is 3.29. The van der Waals surface area contributed by atoms with Crippen molar-refractivity contribution in [2.45, 2.75) is 57.8 Å². The summed E-state index contributed by atoms with van der Waals surface area (Å²) in [6.45, 7) is 1.67. The molecule has 0 fully saturated rings. The van der Waals surface area contributed by atoms with E-state index in [1.54, 1.807) is 48.5 Å². The van der Waals surface area contributed by atoms with Crippen molar-refractivity contribution in [1.82, 2.24) is 21.3 Å². The number of benzene rings is 5. The molecule has 0 saturated carbocycles. The molecule has 0 saturated heterocycles. The summed E-state index contributed by atoms with van der Waals surface area (Å²) >= 11 is 6.45. The fraction of sp³-hybridized carbons (Fsp3) is 0.300. The maximum Gasteiger partial charge on any atom is 0.251 e. The Morgan fingerprint density at radius 3 is 1.81 bits per heavy atom. The van der Waals surface area contributed by atoms with Crippen LogP contribution in [0.4, 0.5) is 0 Å². The lowest BCUT2D eigenvalue weighted by molar-refractivity contribution is -0.131. The Kier molecular flexibility index (Phi) is 19.9. The Hall–Kier alpha value is -5.00. The molecule has 6 N–H and O–H groups in total. The summed E-state index contributed by atoms with van der Waals surface area (Å²) in [6.07, 6.45) is 6.98. The van der Waals surface area contributed by atoms with Gasteiger partial charge in [-0.25, -0.2) is 0 Å². The maximum absolute atomic E-state index is 12.9. The molecule has 14 nitrogen and oxygen atoms in total. The van der Waals surface area contributed by atoms with Gasteiger partial charge in [0.2, 0.25) is 17.7 Å². The van der Waals surface area contributed by atoms with Gasteiger partial charge in [-0.15, -0.1) is 0 Å². The number of hydrogen-bond donors (Lipinski definition) is 6.